The summed E-state index contributed by atoms with van der Waals surface area (Å²) in [7, 11) is 1.58. The molecule has 0 bridgehead atoms. The second kappa shape index (κ2) is 5.60. The molecule has 2 aromatic heterocycles. The van der Waals surface area contributed by atoms with Gasteiger partial charge >= 0.3 is 6.18 Å². The fourth-order valence-corrected chi connectivity index (χ4v) is 2.27. The molecule has 0 aliphatic heterocycles. The third-order valence-electron chi connectivity index (χ3n) is 2.39. The number of nitrogens with zero attached hydrogens (tertiary/aromatic N) is 5. The maximum absolute atomic E-state index is 12.7. The van der Waals surface area contributed by atoms with Gasteiger partial charge in [0.2, 0.25) is 0 Å². The molecule has 0 aliphatic rings. The minimum atomic E-state index is -4.60. The summed E-state index contributed by atoms with van der Waals surface area (Å²) in [5, 5.41) is 15.5. The summed E-state index contributed by atoms with van der Waals surface area (Å²) >= 11 is 0.828. The first-order valence-corrected chi connectivity index (χ1v) is 6.22. The van der Waals surface area contributed by atoms with Crippen molar-refractivity contribution in [2.45, 2.75) is 16.4 Å². The molecule has 0 radical (unpaired) electrons. The molecule has 0 saturated heterocycles. The van der Waals surface area contributed by atoms with Crippen molar-refractivity contribution in [2.75, 3.05) is 0 Å². The summed E-state index contributed by atoms with van der Waals surface area (Å²) in [5.41, 5.74) is 4.43. The molecule has 3 N–H and O–H groups in total. The number of aryl methyl sites for hydroxylation is 1. The van der Waals surface area contributed by atoms with E-state index >= 15 is 0 Å². The molecule has 0 unspecified atom stereocenters. The van der Waals surface area contributed by atoms with E-state index in [2.05, 4.69) is 20.2 Å². The van der Waals surface area contributed by atoms with Crippen LogP contribution in [0.5, 0.6) is 0 Å². The number of pyridine rings is 1. The lowest BCUT2D eigenvalue weighted by Gasteiger charge is -2.11. The molecule has 0 aliphatic carbocycles. The van der Waals surface area contributed by atoms with Crippen molar-refractivity contribution in [1.82, 2.24) is 19.7 Å². The highest BCUT2D eigenvalue weighted by Crippen LogP contribution is 2.32. The van der Waals surface area contributed by atoms with Gasteiger partial charge in [-0.05, 0) is 23.9 Å². The first-order valence-electron chi connectivity index (χ1n) is 5.41. The molecule has 0 amide bonds. The van der Waals surface area contributed by atoms with Crippen molar-refractivity contribution in [1.29, 1.82) is 0 Å². The quantitative estimate of drug-likeness (QED) is 0.384. The van der Waals surface area contributed by atoms with Crippen LogP contribution >= 0.6 is 11.8 Å². The molecule has 0 fully saturated rings. The monoisotopic (exact) mass is 318 g/mol. The molecule has 0 atom stereocenters. The molecular weight excluding hydrogens is 309 g/mol. The Hall–Kier alpha value is -2.30. The van der Waals surface area contributed by atoms with Crippen LogP contribution in [0.4, 0.5) is 13.2 Å². The van der Waals surface area contributed by atoms with Gasteiger partial charge in [0.1, 0.15) is 17.0 Å². The zero-order chi connectivity index (χ0) is 15.6. The molecule has 112 valence electrons. The zero-order valence-corrected chi connectivity index (χ0v) is 11.4. The van der Waals surface area contributed by atoms with Crippen molar-refractivity contribution >= 4 is 17.6 Å². The van der Waals surface area contributed by atoms with E-state index in [1.54, 1.807) is 7.05 Å². The SMILES string of the molecule is Cn1ncnc1Sc1nc(C(F)(F)F)ccc1/C(N)=N/O. The molecule has 0 spiro atoms. The maximum atomic E-state index is 12.7. The highest BCUT2D eigenvalue weighted by Gasteiger charge is 2.33. The topological polar surface area (TPSA) is 102 Å². The van der Waals surface area contributed by atoms with Crippen LogP contribution in [0.15, 0.2) is 33.8 Å². The maximum Gasteiger partial charge on any atom is 0.433 e. The van der Waals surface area contributed by atoms with Crippen LogP contribution in [0.2, 0.25) is 0 Å². The summed E-state index contributed by atoms with van der Waals surface area (Å²) in [6.45, 7) is 0. The van der Waals surface area contributed by atoms with Crippen LogP contribution < -0.4 is 5.73 Å². The van der Waals surface area contributed by atoms with Crippen molar-refractivity contribution < 1.29 is 18.4 Å². The minimum Gasteiger partial charge on any atom is -0.409 e. The van der Waals surface area contributed by atoms with Gasteiger partial charge in [-0.3, -0.25) is 0 Å². The van der Waals surface area contributed by atoms with E-state index < -0.39 is 11.9 Å². The largest absolute Gasteiger partial charge is 0.433 e. The zero-order valence-electron chi connectivity index (χ0n) is 10.5. The smallest absolute Gasteiger partial charge is 0.409 e. The molecule has 7 nitrogen and oxygen atoms in total. The Labute approximate surface area is 120 Å². The van der Waals surface area contributed by atoms with Crippen LogP contribution in [0.25, 0.3) is 0 Å². The Morgan fingerprint density at radius 1 is 1.43 bits per heavy atom. The van der Waals surface area contributed by atoms with Crippen LogP contribution in [0, 0.1) is 0 Å². The first kappa shape index (κ1) is 15.1. The summed E-state index contributed by atoms with van der Waals surface area (Å²) < 4.78 is 39.5. The standard InChI is InChI=1S/C10H9F3N6OS/c1-19-9(15-4-16-19)21-8-5(7(14)18-20)2-3-6(17-8)10(11,12)13/h2-4,20H,1H3,(H2,14,18). The van der Waals surface area contributed by atoms with Gasteiger partial charge in [0.25, 0.3) is 0 Å². The van der Waals surface area contributed by atoms with Crippen molar-refractivity contribution in [3.05, 3.63) is 29.7 Å². The van der Waals surface area contributed by atoms with E-state index in [0.29, 0.717) is 5.16 Å². The van der Waals surface area contributed by atoms with Gasteiger partial charge in [-0.2, -0.15) is 18.3 Å². The fourth-order valence-electron chi connectivity index (χ4n) is 1.39. The van der Waals surface area contributed by atoms with E-state index in [9.17, 15) is 13.2 Å². The van der Waals surface area contributed by atoms with Crippen LogP contribution in [0.3, 0.4) is 0 Å². The normalized spacial score (nSPS) is 12.7. The molecule has 2 heterocycles. The van der Waals surface area contributed by atoms with Crippen molar-refractivity contribution in [3.63, 3.8) is 0 Å². The average Bonchev–Trinajstić information content (AvgIpc) is 2.82. The number of rotatable bonds is 3. The Morgan fingerprint density at radius 2 is 2.14 bits per heavy atom. The van der Waals surface area contributed by atoms with E-state index in [-0.39, 0.29) is 16.4 Å². The van der Waals surface area contributed by atoms with E-state index in [1.165, 1.54) is 11.0 Å². The predicted molar refractivity (Wildman–Crippen MR) is 66.9 cm³/mol. The Bertz CT molecular complexity index is 684. The van der Waals surface area contributed by atoms with Gasteiger partial charge < -0.3 is 10.9 Å². The number of aromatic nitrogens is 4. The predicted octanol–water partition coefficient (Wildman–Crippen LogP) is 1.47. The summed E-state index contributed by atoms with van der Waals surface area (Å²) in [5.74, 6) is -0.346. The highest BCUT2D eigenvalue weighted by atomic mass is 32.2. The van der Waals surface area contributed by atoms with Gasteiger partial charge in [-0.1, -0.05) is 5.16 Å². The number of oxime groups is 1. The molecule has 21 heavy (non-hydrogen) atoms. The third-order valence-corrected chi connectivity index (χ3v) is 3.45. The number of amidine groups is 1. The number of halogens is 3. The Morgan fingerprint density at radius 3 is 2.67 bits per heavy atom. The van der Waals surface area contributed by atoms with E-state index in [4.69, 9.17) is 10.9 Å². The number of nitrogens with two attached hydrogens (primary N) is 1. The molecule has 0 saturated carbocycles. The molecule has 11 heteroatoms. The van der Waals surface area contributed by atoms with Gasteiger partial charge in [0.15, 0.2) is 11.0 Å². The van der Waals surface area contributed by atoms with Crippen molar-refractivity contribution in [3.8, 4) is 0 Å². The number of alkyl halides is 3. The minimum absolute atomic E-state index is 0.0681. The molecular formula is C10H9F3N6OS. The fraction of sp³-hybridized carbons (Fsp3) is 0.200. The van der Waals surface area contributed by atoms with E-state index in [1.807, 2.05) is 0 Å². The summed E-state index contributed by atoms with van der Waals surface area (Å²) in [4.78, 5) is 7.39. The third kappa shape index (κ3) is 3.24. The van der Waals surface area contributed by atoms with E-state index in [0.717, 1.165) is 23.9 Å². The van der Waals surface area contributed by atoms with Gasteiger partial charge in [-0.25, -0.2) is 14.6 Å². The summed E-state index contributed by atoms with van der Waals surface area (Å²) in [6.07, 6.45) is -3.35. The lowest BCUT2D eigenvalue weighted by Crippen LogP contribution is -2.17. The van der Waals surface area contributed by atoms with Gasteiger partial charge in [-0.15, -0.1) is 0 Å². The summed E-state index contributed by atoms with van der Waals surface area (Å²) in [6, 6.07) is 1.84. The lowest BCUT2D eigenvalue weighted by atomic mass is 10.2. The Kier molecular flexibility index (Phi) is 4.02. The van der Waals surface area contributed by atoms with Crippen LogP contribution in [-0.2, 0) is 13.2 Å². The second-order valence-corrected chi connectivity index (χ2v) is 4.76. The van der Waals surface area contributed by atoms with Gasteiger partial charge in [0, 0.05) is 7.05 Å². The highest BCUT2D eigenvalue weighted by molar-refractivity contribution is 7.99. The lowest BCUT2D eigenvalue weighted by molar-refractivity contribution is -0.141. The molecule has 0 aromatic carbocycles. The Balaban J connectivity index is 2.51. The number of hydrogen-bond acceptors (Lipinski definition) is 6. The molecule has 2 rings (SSSR count). The number of hydrogen-bond donors (Lipinski definition) is 2. The second-order valence-electron chi connectivity index (χ2n) is 3.80. The van der Waals surface area contributed by atoms with Crippen molar-refractivity contribution in [2.24, 2.45) is 17.9 Å². The molecule has 2 aromatic rings. The average molecular weight is 318 g/mol. The van der Waals surface area contributed by atoms with Crippen LogP contribution in [0.1, 0.15) is 11.3 Å². The van der Waals surface area contributed by atoms with Gasteiger partial charge in [0.05, 0.1) is 5.56 Å². The first-order chi connectivity index (χ1) is 9.82. The van der Waals surface area contributed by atoms with Crippen LogP contribution in [-0.4, -0.2) is 30.8 Å².